The molecule has 0 spiro atoms. The molecular formula is C17H20FN3OS. The summed E-state index contributed by atoms with van der Waals surface area (Å²) in [5, 5.41) is 3.75. The number of amides is 2. The average Bonchev–Trinajstić information content (AvgIpc) is 2.54. The van der Waals surface area contributed by atoms with Gasteiger partial charge in [-0.1, -0.05) is 19.1 Å². The highest BCUT2D eigenvalue weighted by molar-refractivity contribution is 7.99. The van der Waals surface area contributed by atoms with E-state index in [1.807, 2.05) is 19.1 Å². The fraction of sp³-hybridized carbons (Fsp3) is 0.294. The minimum absolute atomic E-state index is 0.227. The van der Waals surface area contributed by atoms with Crippen LogP contribution in [0.5, 0.6) is 0 Å². The molecule has 0 aliphatic carbocycles. The van der Waals surface area contributed by atoms with Crippen molar-refractivity contribution >= 4 is 23.5 Å². The van der Waals surface area contributed by atoms with Crippen molar-refractivity contribution in [1.29, 1.82) is 0 Å². The quantitative estimate of drug-likeness (QED) is 0.798. The Bertz CT molecular complexity index is 649. The summed E-state index contributed by atoms with van der Waals surface area (Å²) in [4.78, 5) is 18.2. The minimum atomic E-state index is -0.299. The first-order valence-electron chi connectivity index (χ1n) is 7.51. The molecule has 2 aromatic rings. The van der Waals surface area contributed by atoms with Crippen molar-refractivity contribution in [2.45, 2.75) is 25.4 Å². The van der Waals surface area contributed by atoms with Gasteiger partial charge >= 0.3 is 6.03 Å². The molecule has 122 valence electrons. The molecule has 0 unspecified atom stereocenters. The molecular weight excluding hydrogens is 313 g/mol. The zero-order valence-electron chi connectivity index (χ0n) is 13.3. The number of urea groups is 1. The Morgan fingerprint density at radius 1 is 1.30 bits per heavy atom. The summed E-state index contributed by atoms with van der Waals surface area (Å²) in [6.45, 7) is 4.84. The van der Waals surface area contributed by atoms with Crippen LogP contribution in [0.2, 0.25) is 0 Å². The second-order valence-corrected chi connectivity index (χ2v) is 6.18. The van der Waals surface area contributed by atoms with Crippen LogP contribution in [0.1, 0.15) is 19.4 Å². The summed E-state index contributed by atoms with van der Waals surface area (Å²) in [6, 6.07) is 9.76. The van der Waals surface area contributed by atoms with Gasteiger partial charge in [-0.25, -0.2) is 14.2 Å². The van der Waals surface area contributed by atoms with Crippen LogP contribution in [0.25, 0.3) is 0 Å². The molecule has 1 aromatic carbocycles. The van der Waals surface area contributed by atoms with E-state index >= 15 is 0 Å². The number of hydrogen-bond donors (Lipinski definition) is 1. The first-order chi connectivity index (χ1) is 11.1. The van der Waals surface area contributed by atoms with Crippen LogP contribution in [0.15, 0.2) is 47.6 Å². The zero-order chi connectivity index (χ0) is 16.7. The van der Waals surface area contributed by atoms with E-state index in [0.717, 1.165) is 16.3 Å². The number of thioether (sulfide) groups is 1. The number of nitrogens with zero attached hydrogens (tertiary/aromatic N) is 2. The number of hydrogen-bond acceptors (Lipinski definition) is 3. The molecule has 0 radical (unpaired) electrons. The molecule has 1 aromatic heterocycles. The first kappa shape index (κ1) is 17.3. The van der Waals surface area contributed by atoms with Crippen molar-refractivity contribution in [3.63, 3.8) is 0 Å². The molecule has 23 heavy (non-hydrogen) atoms. The summed E-state index contributed by atoms with van der Waals surface area (Å²) in [5.41, 5.74) is 1.41. The van der Waals surface area contributed by atoms with Gasteiger partial charge in [0.15, 0.2) is 0 Å². The van der Waals surface area contributed by atoms with Gasteiger partial charge in [0, 0.05) is 13.1 Å². The summed E-state index contributed by atoms with van der Waals surface area (Å²) in [7, 11) is 0. The van der Waals surface area contributed by atoms with Crippen LogP contribution in [0, 0.1) is 5.82 Å². The fourth-order valence-electron chi connectivity index (χ4n) is 2.07. The van der Waals surface area contributed by atoms with Gasteiger partial charge in [0.05, 0.1) is 16.9 Å². The molecule has 0 bridgehead atoms. The Morgan fingerprint density at radius 2 is 2.13 bits per heavy atom. The summed E-state index contributed by atoms with van der Waals surface area (Å²) < 4.78 is 13.2. The van der Waals surface area contributed by atoms with E-state index in [4.69, 9.17) is 0 Å². The predicted octanol–water partition coefficient (Wildman–Crippen LogP) is 4.39. The smallest absolute Gasteiger partial charge is 0.320 e. The Kier molecular flexibility index (Phi) is 6.40. The van der Waals surface area contributed by atoms with E-state index in [-0.39, 0.29) is 11.8 Å². The standard InChI is InChI=1S/C17H20FN3OS/c1-3-21(12-13-6-5-7-14(18)10-13)17(22)20-15-8-9-16(19-11-15)23-4-2/h5-11H,3-4,12H2,1-2H3,(H,20,22). The molecule has 0 fully saturated rings. The number of halogens is 1. The van der Waals surface area contributed by atoms with Crippen LogP contribution < -0.4 is 5.32 Å². The van der Waals surface area contributed by atoms with E-state index in [0.29, 0.717) is 18.8 Å². The Morgan fingerprint density at radius 3 is 2.74 bits per heavy atom. The molecule has 0 aliphatic rings. The number of anilines is 1. The van der Waals surface area contributed by atoms with Crippen molar-refractivity contribution in [3.8, 4) is 0 Å². The third-order valence-corrected chi connectivity index (χ3v) is 4.04. The lowest BCUT2D eigenvalue weighted by Crippen LogP contribution is -2.34. The van der Waals surface area contributed by atoms with Gasteiger partial charge in [-0.3, -0.25) is 0 Å². The van der Waals surface area contributed by atoms with Gasteiger partial charge in [0.1, 0.15) is 5.82 Å². The topological polar surface area (TPSA) is 45.2 Å². The van der Waals surface area contributed by atoms with Crippen molar-refractivity contribution in [3.05, 3.63) is 54.0 Å². The number of carbonyl (C=O) groups excluding carboxylic acids is 1. The molecule has 0 saturated carbocycles. The van der Waals surface area contributed by atoms with Crippen LogP contribution in [0.3, 0.4) is 0 Å². The Labute approximate surface area is 140 Å². The maximum Gasteiger partial charge on any atom is 0.322 e. The molecule has 0 atom stereocenters. The first-order valence-corrected chi connectivity index (χ1v) is 8.50. The van der Waals surface area contributed by atoms with E-state index in [1.165, 1.54) is 12.1 Å². The van der Waals surface area contributed by atoms with E-state index in [9.17, 15) is 9.18 Å². The van der Waals surface area contributed by atoms with Crippen LogP contribution in [0.4, 0.5) is 14.9 Å². The molecule has 1 N–H and O–H groups in total. The highest BCUT2D eigenvalue weighted by atomic mass is 32.2. The van der Waals surface area contributed by atoms with E-state index in [1.54, 1.807) is 35.0 Å². The largest absolute Gasteiger partial charge is 0.322 e. The average molecular weight is 333 g/mol. The molecule has 0 saturated heterocycles. The van der Waals surface area contributed by atoms with E-state index < -0.39 is 0 Å². The van der Waals surface area contributed by atoms with E-state index in [2.05, 4.69) is 17.2 Å². The molecule has 4 nitrogen and oxygen atoms in total. The SMILES string of the molecule is CCSc1ccc(NC(=O)N(CC)Cc2cccc(F)c2)cn1. The Hall–Kier alpha value is -2.08. The van der Waals surface area contributed by atoms with Crippen molar-refractivity contribution in [2.75, 3.05) is 17.6 Å². The van der Waals surface area contributed by atoms with Crippen LogP contribution >= 0.6 is 11.8 Å². The number of benzene rings is 1. The zero-order valence-corrected chi connectivity index (χ0v) is 14.1. The Balaban J connectivity index is 1.99. The molecule has 2 rings (SSSR count). The van der Waals surface area contributed by atoms with Crippen LogP contribution in [-0.2, 0) is 6.54 Å². The summed E-state index contributed by atoms with van der Waals surface area (Å²) in [6.07, 6.45) is 1.64. The molecule has 6 heteroatoms. The maximum absolute atomic E-state index is 13.2. The lowest BCUT2D eigenvalue weighted by Gasteiger charge is -2.21. The number of rotatable bonds is 6. The lowest BCUT2D eigenvalue weighted by atomic mass is 10.2. The minimum Gasteiger partial charge on any atom is -0.320 e. The number of nitrogens with one attached hydrogen (secondary N) is 1. The summed E-state index contributed by atoms with van der Waals surface area (Å²) in [5.74, 6) is 0.655. The normalized spacial score (nSPS) is 10.4. The molecule has 1 heterocycles. The second kappa shape index (κ2) is 8.53. The third-order valence-electron chi connectivity index (χ3n) is 3.21. The monoisotopic (exact) mass is 333 g/mol. The van der Waals surface area contributed by atoms with Crippen molar-refractivity contribution in [1.82, 2.24) is 9.88 Å². The maximum atomic E-state index is 13.2. The number of pyridine rings is 1. The highest BCUT2D eigenvalue weighted by Gasteiger charge is 2.13. The molecule has 2 amide bonds. The third kappa shape index (κ3) is 5.25. The molecule has 0 aliphatic heterocycles. The van der Waals surface area contributed by atoms with Crippen molar-refractivity contribution < 1.29 is 9.18 Å². The summed E-state index contributed by atoms with van der Waals surface area (Å²) >= 11 is 1.65. The lowest BCUT2D eigenvalue weighted by molar-refractivity contribution is 0.212. The highest BCUT2D eigenvalue weighted by Crippen LogP contribution is 2.17. The van der Waals surface area contributed by atoms with Crippen molar-refractivity contribution in [2.24, 2.45) is 0 Å². The van der Waals surface area contributed by atoms with Gasteiger partial charge in [-0.15, -0.1) is 11.8 Å². The fourth-order valence-corrected chi connectivity index (χ4v) is 2.66. The second-order valence-electron chi connectivity index (χ2n) is 4.89. The number of aromatic nitrogens is 1. The van der Waals surface area contributed by atoms with Gasteiger partial charge < -0.3 is 10.2 Å². The van der Waals surface area contributed by atoms with Crippen LogP contribution in [-0.4, -0.2) is 28.2 Å². The van der Waals surface area contributed by atoms with Gasteiger partial charge in [0.2, 0.25) is 0 Å². The van der Waals surface area contributed by atoms with Gasteiger partial charge in [0.25, 0.3) is 0 Å². The predicted molar refractivity (Wildman–Crippen MR) is 92.1 cm³/mol. The number of carbonyl (C=O) groups is 1. The van der Waals surface area contributed by atoms with Gasteiger partial charge in [-0.05, 0) is 42.5 Å². The van der Waals surface area contributed by atoms with Gasteiger partial charge in [-0.2, -0.15) is 0 Å².